The molecule has 0 aliphatic carbocycles. The van der Waals surface area contributed by atoms with Gasteiger partial charge in [-0.3, -0.25) is 4.79 Å². The minimum Gasteiger partial charge on any atom is -0.484 e. The van der Waals surface area contributed by atoms with Crippen molar-refractivity contribution in [2.24, 2.45) is 0 Å². The standard InChI is InChI=1S/C13H11BrClN3O2/c14-8-5-11(13(15)17-6-8)18-12(19)7-20-10-3-1-9(16)2-4-10/h1-6H,7,16H2,(H,18,19). The number of rotatable bonds is 4. The molecule has 0 aliphatic rings. The number of carbonyl (C=O) groups is 1. The van der Waals surface area contributed by atoms with Gasteiger partial charge in [0.1, 0.15) is 5.75 Å². The molecule has 2 rings (SSSR count). The quantitative estimate of drug-likeness (QED) is 0.652. The zero-order valence-electron chi connectivity index (χ0n) is 10.3. The summed E-state index contributed by atoms with van der Waals surface area (Å²) in [6, 6.07) is 8.44. The molecule has 0 atom stereocenters. The molecule has 0 fully saturated rings. The van der Waals surface area contributed by atoms with E-state index in [0.29, 0.717) is 17.1 Å². The fourth-order valence-electron chi connectivity index (χ4n) is 1.41. The van der Waals surface area contributed by atoms with E-state index >= 15 is 0 Å². The number of amides is 1. The molecule has 1 aromatic heterocycles. The number of halogens is 2. The maximum atomic E-state index is 11.8. The second-order valence-electron chi connectivity index (χ2n) is 3.90. The predicted octanol–water partition coefficient (Wildman–Crippen LogP) is 3.10. The Morgan fingerprint density at radius 2 is 2.10 bits per heavy atom. The predicted molar refractivity (Wildman–Crippen MR) is 81.9 cm³/mol. The fourth-order valence-corrected chi connectivity index (χ4v) is 1.89. The number of ether oxygens (including phenoxy) is 1. The molecule has 1 aromatic carbocycles. The molecule has 104 valence electrons. The monoisotopic (exact) mass is 355 g/mol. The highest BCUT2D eigenvalue weighted by atomic mass is 79.9. The van der Waals surface area contributed by atoms with Crippen molar-refractivity contribution in [3.05, 3.63) is 46.2 Å². The first-order valence-corrected chi connectivity index (χ1v) is 6.81. The zero-order chi connectivity index (χ0) is 14.5. The Labute approximate surface area is 129 Å². The minimum atomic E-state index is -0.330. The normalized spacial score (nSPS) is 10.1. The maximum absolute atomic E-state index is 11.8. The van der Waals surface area contributed by atoms with E-state index in [2.05, 4.69) is 26.2 Å². The molecule has 0 unspecified atom stereocenters. The van der Waals surface area contributed by atoms with Gasteiger partial charge in [-0.05, 0) is 46.3 Å². The van der Waals surface area contributed by atoms with E-state index in [-0.39, 0.29) is 17.7 Å². The van der Waals surface area contributed by atoms with Crippen molar-refractivity contribution in [3.63, 3.8) is 0 Å². The molecule has 20 heavy (non-hydrogen) atoms. The number of aromatic nitrogens is 1. The lowest BCUT2D eigenvalue weighted by Crippen LogP contribution is -2.20. The van der Waals surface area contributed by atoms with Gasteiger partial charge in [0.2, 0.25) is 0 Å². The second kappa shape index (κ2) is 6.58. The number of hydrogen-bond acceptors (Lipinski definition) is 4. The summed E-state index contributed by atoms with van der Waals surface area (Å²) < 4.78 is 6.04. The number of pyridine rings is 1. The molecule has 1 amide bonds. The van der Waals surface area contributed by atoms with Crippen LogP contribution in [-0.4, -0.2) is 17.5 Å². The Morgan fingerprint density at radius 3 is 2.80 bits per heavy atom. The maximum Gasteiger partial charge on any atom is 0.262 e. The first kappa shape index (κ1) is 14.6. The van der Waals surface area contributed by atoms with Gasteiger partial charge in [0.05, 0.1) is 5.69 Å². The number of nitrogens with zero attached hydrogens (tertiary/aromatic N) is 1. The van der Waals surface area contributed by atoms with Crippen molar-refractivity contribution in [1.82, 2.24) is 4.98 Å². The molecule has 2 aromatic rings. The van der Waals surface area contributed by atoms with Gasteiger partial charge in [0, 0.05) is 16.4 Å². The summed E-state index contributed by atoms with van der Waals surface area (Å²) >= 11 is 9.13. The smallest absolute Gasteiger partial charge is 0.262 e. The van der Waals surface area contributed by atoms with Crippen molar-refractivity contribution in [3.8, 4) is 5.75 Å². The summed E-state index contributed by atoms with van der Waals surface area (Å²) in [6.45, 7) is -0.132. The summed E-state index contributed by atoms with van der Waals surface area (Å²) in [5.74, 6) is 0.233. The number of hydrogen-bond donors (Lipinski definition) is 2. The van der Waals surface area contributed by atoms with E-state index < -0.39 is 0 Å². The SMILES string of the molecule is Nc1ccc(OCC(=O)Nc2cc(Br)cnc2Cl)cc1. The van der Waals surface area contributed by atoms with Crippen molar-refractivity contribution in [2.75, 3.05) is 17.7 Å². The number of nitrogens with one attached hydrogen (secondary N) is 1. The van der Waals surface area contributed by atoms with Gasteiger partial charge >= 0.3 is 0 Å². The van der Waals surface area contributed by atoms with Crippen LogP contribution in [0.5, 0.6) is 5.75 Å². The van der Waals surface area contributed by atoms with Crippen molar-refractivity contribution >= 4 is 44.8 Å². The van der Waals surface area contributed by atoms with Gasteiger partial charge in [-0.15, -0.1) is 0 Å². The molecule has 0 saturated carbocycles. The summed E-state index contributed by atoms with van der Waals surface area (Å²) in [5.41, 5.74) is 6.61. The van der Waals surface area contributed by atoms with Crippen LogP contribution >= 0.6 is 27.5 Å². The number of nitrogen functional groups attached to an aromatic ring is 1. The van der Waals surface area contributed by atoms with Gasteiger partial charge in [-0.25, -0.2) is 4.98 Å². The topological polar surface area (TPSA) is 77.2 Å². The van der Waals surface area contributed by atoms with Crippen molar-refractivity contribution < 1.29 is 9.53 Å². The average molecular weight is 357 g/mol. The van der Waals surface area contributed by atoms with Crippen molar-refractivity contribution in [2.45, 2.75) is 0 Å². The molecule has 1 heterocycles. The fraction of sp³-hybridized carbons (Fsp3) is 0.0769. The lowest BCUT2D eigenvalue weighted by Gasteiger charge is -2.08. The molecular formula is C13H11BrClN3O2. The first-order chi connectivity index (χ1) is 9.54. The second-order valence-corrected chi connectivity index (χ2v) is 5.17. The van der Waals surface area contributed by atoms with Crippen molar-refractivity contribution in [1.29, 1.82) is 0 Å². The molecule has 3 N–H and O–H groups in total. The van der Waals surface area contributed by atoms with Crippen LogP contribution in [0.25, 0.3) is 0 Å². The number of nitrogens with two attached hydrogens (primary N) is 1. The van der Waals surface area contributed by atoms with Crippen LogP contribution in [0.2, 0.25) is 5.15 Å². The summed E-state index contributed by atoms with van der Waals surface area (Å²) in [7, 11) is 0. The Kier molecular flexibility index (Phi) is 4.81. The van der Waals surface area contributed by atoms with E-state index in [9.17, 15) is 4.79 Å². The molecule has 0 bridgehead atoms. The highest BCUT2D eigenvalue weighted by Crippen LogP contribution is 2.22. The Balaban J connectivity index is 1.92. The largest absolute Gasteiger partial charge is 0.484 e. The van der Waals surface area contributed by atoms with Crippen LogP contribution in [0.1, 0.15) is 0 Å². The van der Waals surface area contributed by atoms with E-state index in [1.807, 2.05) is 0 Å². The Bertz CT molecular complexity index is 620. The number of benzene rings is 1. The summed E-state index contributed by atoms with van der Waals surface area (Å²) in [6.07, 6.45) is 1.54. The van der Waals surface area contributed by atoms with E-state index in [1.165, 1.54) is 0 Å². The molecule has 7 heteroatoms. The number of carbonyl (C=O) groups excluding carboxylic acids is 1. The first-order valence-electron chi connectivity index (χ1n) is 5.64. The highest BCUT2D eigenvalue weighted by Gasteiger charge is 2.08. The van der Waals surface area contributed by atoms with Gasteiger partial charge in [0.15, 0.2) is 11.8 Å². The van der Waals surface area contributed by atoms with Crippen LogP contribution in [0, 0.1) is 0 Å². The Morgan fingerprint density at radius 1 is 1.40 bits per heavy atom. The lowest BCUT2D eigenvalue weighted by molar-refractivity contribution is -0.118. The third-order valence-corrected chi connectivity index (χ3v) is 3.06. The average Bonchev–Trinajstić information content (AvgIpc) is 2.42. The molecule has 0 radical (unpaired) electrons. The van der Waals surface area contributed by atoms with Gasteiger partial charge < -0.3 is 15.8 Å². The molecule has 0 saturated heterocycles. The molecule has 0 spiro atoms. The molecular weight excluding hydrogens is 346 g/mol. The molecule has 0 aliphatic heterocycles. The van der Waals surface area contributed by atoms with Crippen LogP contribution in [0.3, 0.4) is 0 Å². The zero-order valence-corrected chi connectivity index (χ0v) is 12.6. The van der Waals surface area contributed by atoms with Gasteiger partial charge in [-0.1, -0.05) is 11.6 Å². The number of anilines is 2. The van der Waals surface area contributed by atoms with E-state index in [0.717, 1.165) is 4.47 Å². The van der Waals surface area contributed by atoms with Crippen LogP contribution < -0.4 is 15.8 Å². The summed E-state index contributed by atoms with van der Waals surface area (Å²) in [4.78, 5) is 15.7. The third kappa shape index (κ3) is 4.11. The summed E-state index contributed by atoms with van der Waals surface area (Å²) in [5, 5.41) is 2.84. The van der Waals surface area contributed by atoms with Crippen LogP contribution in [0.4, 0.5) is 11.4 Å². The van der Waals surface area contributed by atoms with Gasteiger partial charge in [0.25, 0.3) is 5.91 Å². The highest BCUT2D eigenvalue weighted by molar-refractivity contribution is 9.10. The minimum absolute atomic E-state index is 0.132. The van der Waals surface area contributed by atoms with Gasteiger partial charge in [-0.2, -0.15) is 0 Å². The third-order valence-electron chi connectivity index (χ3n) is 2.33. The van der Waals surface area contributed by atoms with Crippen LogP contribution in [0.15, 0.2) is 41.0 Å². The molecule has 5 nitrogen and oxygen atoms in total. The Hall–Kier alpha value is -1.79. The van der Waals surface area contributed by atoms with E-state index in [1.54, 1.807) is 36.5 Å². The van der Waals surface area contributed by atoms with E-state index in [4.69, 9.17) is 22.1 Å². The van der Waals surface area contributed by atoms with Crippen LogP contribution in [-0.2, 0) is 4.79 Å². The lowest BCUT2D eigenvalue weighted by atomic mass is 10.3.